The molecule has 0 fully saturated rings. The number of benzene rings is 2. The van der Waals surface area contributed by atoms with E-state index in [4.69, 9.17) is 16.3 Å². The summed E-state index contributed by atoms with van der Waals surface area (Å²) in [5.74, 6) is -1.16. The molecule has 0 aliphatic carbocycles. The van der Waals surface area contributed by atoms with Gasteiger partial charge in [0, 0.05) is 11.4 Å². The number of nitrogens with one attached hydrogen (secondary N) is 1. The molecule has 0 atom stereocenters. The fourth-order valence-electron chi connectivity index (χ4n) is 2.91. The molecule has 1 amide bonds. The quantitative estimate of drug-likeness (QED) is 0.448. The van der Waals surface area contributed by atoms with Crippen molar-refractivity contribution in [1.29, 1.82) is 0 Å². The van der Waals surface area contributed by atoms with Crippen LogP contribution in [0, 0.1) is 0 Å². The van der Waals surface area contributed by atoms with E-state index >= 15 is 0 Å². The van der Waals surface area contributed by atoms with Gasteiger partial charge in [-0.2, -0.15) is 0 Å². The van der Waals surface area contributed by atoms with Crippen molar-refractivity contribution in [2.45, 2.75) is 18.2 Å². The lowest BCUT2D eigenvalue weighted by Gasteiger charge is -2.23. The SMILES string of the molecule is CCN(c1ccccc1)S(=O)(=O)c1ccc(Cl)c(NC(=O)COC(=O)Cc2cccs2)c1. The van der Waals surface area contributed by atoms with Crippen LogP contribution in [-0.2, 0) is 30.8 Å². The third-order valence-electron chi connectivity index (χ3n) is 4.39. The molecule has 3 aromatic rings. The van der Waals surface area contributed by atoms with Gasteiger partial charge in [0.1, 0.15) is 0 Å². The second-order valence-electron chi connectivity index (χ2n) is 6.61. The van der Waals surface area contributed by atoms with Crippen LogP contribution in [-0.4, -0.2) is 33.4 Å². The van der Waals surface area contributed by atoms with Crippen molar-refractivity contribution in [2.24, 2.45) is 0 Å². The van der Waals surface area contributed by atoms with Gasteiger partial charge >= 0.3 is 5.97 Å². The maximum Gasteiger partial charge on any atom is 0.311 e. The number of para-hydroxylation sites is 1. The Bertz CT molecular complexity index is 1180. The largest absolute Gasteiger partial charge is 0.455 e. The van der Waals surface area contributed by atoms with E-state index in [-0.39, 0.29) is 28.6 Å². The molecule has 7 nitrogen and oxygen atoms in total. The highest BCUT2D eigenvalue weighted by Gasteiger charge is 2.24. The van der Waals surface area contributed by atoms with Crippen LogP contribution in [0.1, 0.15) is 11.8 Å². The van der Waals surface area contributed by atoms with Crippen LogP contribution in [0.25, 0.3) is 0 Å². The maximum atomic E-state index is 13.2. The van der Waals surface area contributed by atoms with Crippen LogP contribution in [0.2, 0.25) is 5.02 Å². The van der Waals surface area contributed by atoms with Gasteiger partial charge in [0.25, 0.3) is 15.9 Å². The number of carbonyl (C=O) groups is 2. The summed E-state index contributed by atoms with van der Waals surface area (Å²) in [6, 6.07) is 16.4. The van der Waals surface area contributed by atoms with Gasteiger partial charge in [0.05, 0.1) is 27.7 Å². The maximum absolute atomic E-state index is 13.2. The molecule has 2 aromatic carbocycles. The van der Waals surface area contributed by atoms with E-state index in [0.29, 0.717) is 5.69 Å². The first-order chi connectivity index (χ1) is 15.3. The number of halogens is 1. The van der Waals surface area contributed by atoms with E-state index in [9.17, 15) is 18.0 Å². The predicted molar refractivity (Wildman–Crippen MR) is 126 cm³/mol. The average molecular weight is 493 g/mol. The molecule has 168 valence electrons. The number of sulfonamides is 1. The van der Waals surface area contributed by atoms with Crippen molar-refractivity contribution in [2.75, 3.05) is 22.8 Å². The van der Waals surface area contributed by atoms with Crippen molar-refractivity contribution in [3.8, 4) is 0 Å². The minimum atomic E-state index is -3.89. The molecule has 0 aliphatic heterocycles. The number of ether oxygens (including phenoxy) is 1. The van der Waals surface area contributed by atoms with Gasteiger partial charge in [-0.1, -0.05) is 35.9 Å². The van der Waals surface area contributed by atoms with Gasteiger partial charge in [-0.05, 0) is 48.7 Å². The first kappa shape index (κ1) is 23.8. The summed E-state index contributed by atoms with van der Waals surface area (Å²) < 4.78 is 32.6. The zero-order valence-electron chi connectivity index (χ0n) is 17.2. The van der Waals surface area contributed by atoms with E-state index in [0.717, 1.165) is 4.88 Å². The van der Waals surface area contributed by atoms with Crippen LogP contribution < -0.4 is 9.62 Å². The van der Waals surface area contributed by atoms with Crippen molar-refractivity contribution in [1.82, 2.24) is 0 Å². The van der Waals surface area contributed by atoms with Gasteiger partial charge in [0.2, 0.25) is 0 Å². The molecule has 0 saturated carbocycles. The Kier molecular flexibility index (Phi) is 7.89. The van der Waals surface area contributed by atoms with Crippen molar-refractivity contribution >= 4 is 56.2 Å². The summed E-state index contributed by atoms with van der Waals surface area (Å²) in [5, 5.41) is 4.51. The second kappa shape index (κ2) is 10.6. The Morgan fingerprint density at radius 2 is 1.84 bits per heavy atom. The Morgan fingerprint density at radius 1 is 1.09 bits per heavy atom. The molecular formula is C22H21ClN2O5S2. The molecule has 0 radical (unpaired) electrons. The fourth-order valence-corrected chi connectivity index (χ4v) is 5.27. The lowest BCUT2D eigenvalue weighted by atomic mass is 10.3. The minimum absolute atomic E-state index is 0.0300. The molecule has 0 bridgehead atoms. The van der Waals surface area contributed by atoms with Crippen LogP contribution in [0.4, 0.5) is 11.4 Å². The monoisotopic (exact) mass is 492 g/mol. The zero-order chi connectivity index (χ0) is 23.1. The molecule has 10 heteroatoms. The molecule has 1 heterocycles. The Hall–Kier alpha value is -2.88. The second-order valence-corrected chi connectivity index (χ2v) is 9.91. The fraction of sp³-hybridized carbons (Fsp3) is 0.182. The van der Waals surface area contributed by atoms with Gasteiger partial charge < -0.3 is 10.1 Å². The molecule has 32 heavy (non-hydrogen) atoms. The number of anilines is 2. The highest BCUT2D eigenvalue weighted by molar-refractivity contribution is 7.92. The normalized spacial score (nSPS) is 11.1. The van der Waals surface area contributed by atoms with Crippen molar-refractivity contribution in [3.63, 3.8) is 0 Å². The molecule has 1 N–H and O–H groups in total. The number of carbonyl (C=O) groups excluding carboxylic acids is 2. The third-order valence-corrected chi connectivity index (χ3v) is 7.50. The Labute approximate surface area is 195 Å². The first-order valence-corrected chi connectivity index (χ1v) is 12.4. The number of amides is 1. The van der Waals surface area contributed by atoms with E-state index in [1.54, 1.807) is 43.3 Å². The number of thiophene rings is 1. The van der Waals surface area contributed by atoms with Crippen LogP contribution in [0.3, 0.4) is 0 Å². The number of nitrogens with zero attached hydrogens (tertiary/aromatic N) is 1. The standard InChI is InChI=1S/C22H21ClN2O5S2/c1-2-25(16-7-4-3-5-8-16)32(28,29)18-10-11-19(23)20(14-18)24-21(26)15-30-22(27)13-17-9-6-12-31-17/h3-12,14H,2,13,15H2,1H3,(H,24,26). The van der Waals surface area contributed by atoms with E-state index in [1.165, 1.54) is 33.8 Å². The number of hydrogen-bond acceptors (Lipinski definition) is 6. The molecule has 0 saturated heterocycles. The molecule has 3 rings (SSSR count). The van der Waals surface area contributed by atoms with Gasteiger partial charge in [0.15, 0.2) is 6.61 Å². The van der Waals surface area contributed by atoms with Gasteiger partial charge in [-0.25, -0.2) is 8.42 Å². The van der Waals surface area contributed by atoms with E-state index in [1.807, 2.05) is 11.4 Å². The van der Waals surface area contributed by atoms with Crippen LogP contribution in [0.5, 0.6) is 0 Å². The summed E-state index contributed by atoms with van der Waals surface area (Å²) in [4.78, 5) is 24.9. The number of esters is 1. The highest BCUT2D eigenvalue weighted by Crippen LogP contribution is 2.29. The summed E-state index contributed by atoms with van der Waals surface area (Å²) in [6.45, 7) is 1.44. The van der Waals surface area contributed by atoms with Crippen molar-refractivity contribution < 1.29 is 22.7 Å². The Morgan fingerprint density at radius 3 is 2.50 bits per heavy atom. The lowest BCUT2D eigenvalue weighted by molar-refractivity contribution is -0.146. The first-order valence-electron chi connectivity index (χ1n) is 9.66. The average Bonchev–Trinajstić information content (AvgIpc) is 3.28. The van der Waals surface area contributed by atoms with Crippen LogP contribution >= 0.6 is 22.9 Å². The summed E-state index contributed by atoms with van der Waals surface area (Å²) in [6.07, 6.45) is 0.0752. The number of hydrogen-bond donors (Lipinski definition) is 1. The third kappa shape index (κ3) is 5.87. The van der Waals surface area contributed by atoms with Crippen LogP contribution in [0.15, 0.2) is 70.9 Å². The summed E-state index contributed by atoms with van der Waals surface area (Å²) in [5.41, 5.74) is 0.629. The molecule has 0 unspecified atom stereocenters. The zero-order valence-corrected chi connectivity index (χ0v) is 19.5. The highest BCUT2D eigenvalue weighted by atomic mass is 35.5. The van der Waals surface area contributed by atoms with E-state index in [2.05, 4.69) is 5.32 Å². The Balaban J connectivity index is 1.70. The molecular weight excluding hydrogens is 472 g/mol. The topological polar surface area (TPSA) is 92.8 Å². The van der Waals surface area contributed by atoms with Gasteiger partial charge in [-0.3, -0.25) is 13.9 Å². The van der Waals surface area contributed by atoms with Crippen molar-refractivity contribution in [3.05, 3.63) is 75.9 Å². The molecule has 1 aromatic heterocycles. The summed E-state index contributed by atoms with van der Waals surface area (Å²) >= 11 is 7.57. The van der Waals surface area contributed by atoms with E-state index < -0.39 is 28.5 Å². The molecule has 0 spiro atoms. The predicted octanol–water partition coefficient (Wildman–Crippen LogP) is 4.34. The minimum Gasteiger partial charge on any atom is -0.455 e. The smallest absolute Gasteiger partial charge is 0.311 e. The lowest BCUT2D eigenvalue weighted by Crippen LogP contribution is -2.30. The summed E-state index contributed by atoms with van der Waals surface area (Å²) in [7, 11) is -3.89. The number of rotatable bonds is 9. The molecule has 0 aliphatic rings. The van der Waals surface area contributed by atoms with Gasteiger partial charge in [-0.15, -0.1) is 11.3 Å².